The summed E-state index contributed by atoms with van der Waals surface area (Å²) in [6.07, 6.45) is 8.42. The number of anilines is 1. The van der Waals surface area contributed by atoms with Crippen molar-refractivity contribution in [1.29, 1.82) is 0 Å². The van der Waals surface area contributed by atoms with E-state index in [0.29, 0.717) is 17.3 Å². The lowest BCUT2D eigenvalue weighted by atomic mass is 9.73. The van der Waals surface area contributed by atoms with Crippen LogP contribution in [-0.2, 0) is 16.8 Å². The van der Waals surface area contributed by atoms with E-state index in [4.69, 9.17) is 10.3 Å². The van der Waals surface area contributed by atoms with Crippen molar-refractivity contribution in [2.45, 2.75) is 52.6 Å². The van der Waals surface area contributed by atoms with Gasteiger partial charge in [0.1, 0.15) is 6.54 Å². The molecule has 0 aliphatic heterocycles. The number of nitrogen functional groups attached to an aromatic ring is 1. The summed E-state index contributed by atoms with van der Waals surface area (Å²) in [4.78, 5) is 29.4. The number of nitrogens with one attached hydrogen (secondary N) is 1. The molecule has 0 bridgehead atoms. The molecular formula is C24H29N9O2. The van der Waals surface area contributed by atoms with E-state index >= 15 is 0 Å². The van der Waals surface area contributed by atoms with E-state index in [1.54, 1.807) is 29.5 Å². The molecular weight excluding hydrogens is 446 g/mol. The van der Waals surface area contributed by atoms with Crippen molar-refractivity contribution in [2.24, 2.45) is 5.92 Å². The fourth-order valence-electron chi connectivity index (χ4n) is 3.69. The summed E-state index contributed by atoms with van der Waals surface area (Å²) < 4.78 is 7.14. The minimum absolute atomic E-state index is 0.0631. The summed E-state index contributed by atoms with van der Waals surface area (Å²) in [7, 11) is 0. The van der Waals surface area contributed by atoms with Crippen LogP contribution in [-0.4, -0.2) is 46.8 Å². The molecule has 0 aromatic carbocycles. The van der Waals surface area contributed by atoms with E-state index in [1.807, 2.05) is 32.2 Å². The van der Waals surface area contributed by atoms with Crippen LogP contribution in [0.15, 0.2) is 47.6 Å². The van der Waals surface area contributed by atoms with Crippen molar-refractivity contribution >= 4 is 11.9 Å². The lowest BCUT2D eigenvalue weighted by Crippen LogP contribution is -2.33. The highest BCUT2D eigenvalue weighted by molar-refractivity contribution is 5.76. The number of carbonyl (C=O) groups is 1. The first kappa shape index (κ1) is 24.0. The molecule has 0 fully saturated rings. The van der Waals surface area contributed by atoms with E-state index in [2.05, 4.69) is 56.3 Å². The first-order chi connectivity index (χ1) is 16.7. The minimum atomic E-state index is -0.557. The molecule has 0 aliphatic rings. The number of carbonyl (C=O) groups excluding carboxylic acids is 1. The molecule has 0 saturated heterocycles. The fraction of sp³-hybridized carbons (Fsp3) is 0.375. The van der Waals surface area contributed by atoms with Crippen molar-refractivity contribution in [2.75, 3.05) is 5.73 Å². The summed E-state index contributed by atoms with van der Waals surface area (Å²) in [6, 6.07) is 3.98. The first-order valence-electron chi connectivity index (χ1n) is 11.4. The van der Waals surface area contributed by atoms with Gasteiger partial charge < -0.3 is 15.6 Å². The second-order valence-electron chi connectivity index (χ2n) is 9.19. The van der Waals surface area contributed by atoms with Crippen molar-refractivity contribution in [1.82, 2.24) is 40.2 Å². The molecule has 11 heteroatoms. The van der Waals surface area contributed by atoms with E-state index < -0.39 is 5.41 Å². The second-order valence-corrected chi connectivity index (χ2v) is 9.19. The Balaban J connectivity index is 1.58. The van der Waals surface area contributed by atoms with E-state index in [-0.39, 0.29) is 30.4 Å². The van der Waals surface area contributed by atoms with Crippen LogP contribution in [0.1, 0.15) is 46.0 Å². The van der Waals surface area contributed by atoms with Gasteiger partial charge in [0.25, 0.3) is 5.89 Å². The highest BCUT2D eigenvalue weighted by atomic mass is 16.5. The van der Waals surface area contributed by atoms with Gasteiger partial charge in [-0.2, -0.15) is 10.1 Å². The molecule has 4 aromatic heterocycles. The number of rotatable bonds is 8. The molecule has 3 N–H and O–H groups in total. The zero-order valence-corrected chi connectivity index (χ0v) is 20.4. The van der Waals surface area contributed by atoms with Crippen LogP contribution in [0.4, 0.5) is 5.95 Å². The largest absolute Gasteiger partial charge is 0.368 e. The van der Waals surface area contributed by atoms with Crippen molar-refractivity contribution in [3.8, 4) is 22.7 Å². The Bertz CT molecular complexity index is 1290. The molecule has 0 spiro atoms. The number of aromatic nitrogens is 7. The second kappa shape index (κ2) is 9.61. The third kappa shape index (κ3) is 5.03. The topological polar surface area (TPSA) is 151 Å². The molecule has 0 aliphatic carbocycles. The molecule has 1 amide bonds. The van der Waals surface area contributed by atoms with Crippen LogP contribution in [0.5, 0.6) is 0 Å². The van der Waals surface area contributed by atoms with Crippen molar-refractivity contribution in [3.63, 3.8) is 0 Å². The number of amides is 1. The van der Waals surface area contributed by atoms with Crippen LogP contribution in [0.3, 0.4) is 0 Å². The summed E-state index contributed by atoms with van der Waals surface area (Å²) in [5.41, 5.74) is 8.12. The smallest absolute Gasteiger partial charge is 0.261 e. The van der Waals surface area contributed by atoms with Crippen molar-refractivity contribution < 1.29 is 9.32 Å². The molecule has 1 unspecified atom stereocenters. The Kier molecular flexibility index (Phi) is 6.59. The van der Waals surface area contributed by atoms with Crippen LogP contribution in [0, 0.1) is 5.92 Å². The highest BCUT2D eigenvalue weighted by Gasteiger charge is 2.38. The van der Waals surface area contributed by atoms with Crippen LogP contribution < -0.4 is 11.1 Å². The Morgan fingerprint density at radius 2 is 1.83 bits per heavy atom. The predicted molar refractivity (Wildman–Crippen MR) is 130 cm³/mol. The lowest BCUT2D eigenvalue weighted by molar-refractivity contribution is -0.122. The fourth-order valence-corrected chi connectivity index (χ4v) is 3.69. The van der Waals surface area contributed by atoms with Gasteiger partial charge >= 0.3 is 0 Å². The minimum Gasteiger partial charge on any atom is -0.368 e. The molecule has 11 nitrogen and oxygen atoms in total. The average molecular weight is 476 g/mol. The van der Waals surface area contributed by atoms with Gasteiger partial charge in [0.2, 0.25) is 11.9 Å². The average Bonchev–Trinajstić information content (AvgIpc) is 3.48. The maximum absolute atomic E-state index is 12.0. The quantitative estimate of drug-likeness (QED) is 0.392. The summed E-state index contributed by atoms with van der Waals surface area (Å²) >= 11 is 0. The lowest BCUT2D eigenvalue weighted by Gasteiger charge is -2.30. The van der Waals surface area contributed by atoms with Gasteiger partial charge in [-0.05, 0) is 38.3 Å². The molecule has 4 heterocycles. The Labute approximate surface area is 203 Å². The first-order valence-corrected chi connectivity index (χ1v) is 11.4. The number of nitrogens with two attached hydrogens (primary N) is 1. The Morgan fingerprint density at radius 1 is 1.09 bits per heavy atom. The standard InChI is InChI=1S/C24H29N9O2/c1-14(2)24(5,18-6-7-19(26-11-18)16-8-27-23(25)28-9-16)22-31-21(35-32-22)17-10-29-33(12-17)13-20(34)30-15(3)4/h6-12,14-15H,13H2,1-5H3,(H,30,34)(H2,25,27,28). The highest BCUT2D eigenvalue weighted by Crippen LogP contribution is 2.38. The third-order valence-corrected chi connectivity index (χ3v) is 6.01. The SMILES string of the molecule is CC(C)NC(=O)Cn1cc(-c2nc(C(C)(c3ccc(-c4cnc(N)nc4)nc3)C(C)C)no2)cn1. The van der Waals surface area contributed by atoms with Gasteiger partial charge in [-0.3, -0.25) is 14.5 Å². The zero-order chi connectivity index (χ0) is 25.2. The number of pyridine rings is 1. The van der Waals surface area contributed by atoms with E-state index in [0.717, 1.165) is 16.8 Å². The molecule has 182 valence electrons. The number of hydrogen-bond donors (Lipinski definition) is 2. The van der Waals surface area contributed by atoms with Crippen LogP contribution in [0.2, 0.25) is 0 Å². The molecule has 1 atom stereocenters. The maximum atomic E-state index is 12.0. The van der Waals surface area contributed by atoms with E-state index in [1.165, 1.54) is 0 Å². The molecule has 0 radical (unpaired) electrons. The third-order valence-electron chi connectivity index (χ3n) is 6.01. The van der Waals surface area contributed by atoms with Gasteiger partial charge in [-0.25, -0.2) is 9.97 Å². The summed E-state index contributed by atoms with van der Waals surface area (Å²) in [5.74, 6) is 1.12. The normalized spacial score (nSPS) is 13.2. The Morgan fingerprint density at radius 3 is 2.46 bits per heavy atom. The molecule has 4 rings (SSSR count). The van der Waals surface area contributed by atoms with Gasteiger partial charge in [-0.15, -0.1) is 0 Å². The monoisotopic (exact) mass is 475 g/mol. The molecule has 4 aromatic rings. The van der Waals surface area contributed by atoms with Gasteiger partial charge in [0.05, 0.1) is 22.9 Å². The van der Waals surface area contributed by atoms with E-state index in [9.17, 15) is 4.79 Å². The van der Waals surface area contributed by atoms with Crippen LogP contribution in [0.25, 0.3) is 22.7 Å². The van der Waals surface area contributed by atoms with Crippen LogP contribution >= 0.6 is 0 Å². The number of hydrogen-bond acceptors (Lipinski definition) is 9. The van der Waals surface area contributed by atoms with Gasteiger partial charge in [0, 0.05) is 36.4 Å². The van der Waals surface area contributed by atoms with Gasteiger partial charge in [0.15, 0.2) is 5.82 Å². The molecule has 35 heavy (non-hydrogen) atoms. The Hall–Kier alpha value is -4.15. The summed E-state index contributed by atoms with van der Waals surface area (Å²) in [6.45, 7) is 10.2. The molecule has 0 saturated carbocycles. The predicted octanol–water partition coefficient (Wildman–Crippen LogP) is 2.85. The number of nitrogens with zero attached hydrogens (tertiary/aromatic N) is 7. The van der Waals surface area contributed by atoms with Crippen molar-refractivity contribution in [3.05, 3.63) is 54.5 Å². The maximum Gasteiger partial charge on any atom is 0.261 e. The van der Waals surface area contributed by atoms with Gasteiger partial charge in [-0.1, -0.05) is 25.1 Å². The summed E-state index contributed by atoms with van der Waals surface area (Å²) in [5, 5.41) is 11.4. The zero-order valence-electron chi connectivity index (χ0n) is 20.4.